The monoisotopic (exact) mass is 458 g/mol. The molecule has 7 nitrogen and oxygen atoms in total. The summed E-state index contributed by atoms with van der Waals surface area (Å²) in [5.74, 6) is 1.22. The van der Waals surface area contributed by atoms with E-state index in [1.807, 2.05) is 18.2 Å². The van der Waals surface area contributed by atoms with E-state index in [1.54, 1.807) is 18.2 Å². The van der Waals surface area contributed by atoms with Crippen LogP contribution in [0.2, 0.25) is 5.02 Å². The smallest absolute Gasteiger partial charge is 0.224 e. The fourth-order valence-corrected chi connectivity index (χ4v) is 3.94. The van der Waals surface area contributed by atoms with Crippen molar-refractivity contribution in [1.29, 1.82) is 0 Å². The van der Waals surface area contributed by atoms with Gasteiger partial charge in [-0.05, 0) is 67.6 Å². The van der Waals surface area contributed by atoms with Crippen LogP contribution < -0.4 is 20.1 Å². The first-order valence-electron chi connectivity index (χ1n) is 11.0. The van der Waals surface area contributed by atoms with Gasteiger partial charge in [0, 0.05) is 30.2 Å². The van der Waals surface area contributed by atoms with Crippen molar-refractivity contribution in [2.24, 2.45) is 0 Å². The number of hydrogen-bond donors (Lipinski definition) is 2. The van der Waals surface area contributed by atoms with Crippen molar-refractivity contribution >= 4 is 34.8 Å². The minimum atomic E-state index is -0.133. The van der Waals surface area contributed by atoms with E-state index in [1.165, 1.54) is 0 Å². The second-order valence-electron chi connectivity index (χ2n) is 7.95. The van der Waals surface area contributed by atoms with Crippen molar-refractivity contribution in [2.75, 3.05) is 30.5 Å². The van der Waals surface area contributed by atoms with Gasteiger partial charge in [-0.25, -0.2) is 0 Å². The first-order valence-corrected chi connectivity index (χ1v) is 11.3. The summed E-state index contributed by atoms with van der Waals surface area (Å²) < 4.78 is 17.2. The zero-order valence-corrected chi connectivity index (χ0v) is 18.6. The molecule has 0 aliphatic carbocycles. The molecule has 0 spiro atoms. The first kappa shape index (κ1) is 22.4. The van der Waals surface area contributed by atoms with E-state index in [0.717, 1.165) is 36.4 Å². The number of benzene rings is 2. The van der Waals surface area contributed by atoms with Gasteiger partial charge in [0.2, 0.25) is 11.8 Å². The van der Waals surface area contributed by atoms with Gasteiger partial charge in [-0.15, -0.1) is 0 Å². The van der Waals surface area contributed by atoms with E-state index in [-0.39, 0.29) is 17.9 Å². The van der Waals surface area contributed by atoms with Crippen LogP contribution in [0.5, 0.6) is 11.5 Å². The summed E-state index contributed by atoms with van der Waals surface area (Å²) >= 11 is 6.11. The summed E-state index contributed by atoms with van der Waals surface area (Å²) in [6.07, 6.45) is 4.17. The van der Waals surface area contributed by atoms with E-state index in [2.05, 4.69) is 10.6 Å². The van der Waals surface area contributed by atoms with Crippen LogP contribution in [0.3, 0.4) is 0 Å². The van der Waals surface area contributed by atoms with Gasteiger partial charge in [0.1, 0.15) is 18.1 Å². The Kier molecular flexibility index (Phi) is 7.50. The molecular formula is C24H27ClN2O5. The van der Waals surface area contributed by atoms with Crippen LogP contribution in [-0.4, -0.2) is 37.7 Å². The molecule has 4 rings (SSSR count). The molecule has 0 aromatic heterocycles. The van der Waals surface area contributed by atoms with Gasteiger partial charge in [-0.3, -0.25) is 9.59 Å². The number of nitrogens with one attached hydrogen (secondary N) is 2. The number of aryl methyl sites for hydroxylation is 1. The third-order valence-corrected chi connectivity index (χ3v) is 5.69. The summed E-state index contributed by atoms with van der Waals surface area (Å²) in [6, 6.07) is 10.8. The Hall–Kier alpha value is -2.77. The van der Waals surface area contributed by atoms with Crippen LogP contribution in [0.15, 0.2) is 36.4 Å². The molecule has 1 atom stereocenters. The molecule has 2 aliphatic heterocycles. The molecule has 0 radical (unpaired) electrons. The standard InChI is InChI=1S/C24H27ClN2O5/c25-17-6-9-22(32-15-19-3-1-11-31-19)21(14-17)27-23(28)4-2-12-30-18-7-8-20-16(13-18)5-10-24(29)26-20/h6-9,13-14,19H,1-5,10-12,15H2,(H,26,29)(H,27,28). The normalized spacial score (nSPS) is 17.4. The topological polar surface area (TPSA) is 85.9 Å². The van der Waals surface area contributed by atoms with E-state index in [9.17, 15) is 9.59 Å². The number of hydrogen-bond acceptors (Lipinski definition) is 5. The number of ether oxygens (including phenoxy) is 3. The highest BCUT2D eigenvalue weighted by Crippen LogP contribution is 2.29. The Labute approximate surface area is 192 Å². The molecule has 32 heavy (non-hydrogen) atoms. The van der Waals surface area contributed by atoms with Gasteiger partial charge in [0.25, 0.3) is 0 Å². The Bertz CT molecular complexity index is 975. The fourth-order valence-electron chi connectivity index (χ4n) is 3.77. The largest absolute Gasteiger partial charge is 0.494 e. The number of carbonyl (C=O) groups is 2. The maximum atomic E-state index is 12.4. The minimum absolute atomic E-state index is 0.0392. The number of amides is 2. The predicted octanol–water partition coefficient (Wildman–Crippen LogP) is 4.58. The van der Waals surface area contributed by atoms with Crippen LogP contribution in [0.25, 0.3) is 0 Å². The van der Waals surface area contributed by atoms with Gasteiger partial charge in [-0.2, -0.15) is 0 Å². The average molecular weight is 459 g/mol. The first-order chi connectivity index (χ1) is 15.6. The zero-order chi connectivity index (χ0) is 22.3. The van der Waals surface area contributed by atoms with Gasteiger partial charge in [0.05, 0.1) is 18.4 Å². The number of fused-ring (bicyclic) bond motifs is 1. The predicted molar refractivity (Wildman–Crippen MR) is 123 cm³/mol. The van der Waals surface area contributed by atoms with Gasteiger partial charge >= 0.3 is 0 Å². The molecule has 0 saturated carbocycles. The molecule has 1 unspecified atom stereocenters. The van der Waals surface area contributed by atoms with E-state index < -0.39 is 0 Å². The fraction of sp³-hybridized carbons (Fsp3) is 0.417. The minimum Gasteiger partial charge on any atom is -0.494 e. The number of halogens is 1. The molecule has 8 heteroatoms. The molecule has 1 saturated heterocycles. The lowest BCUT2D eigenvalue weighted by atomic mass is 10.0. The van der Waals surface area contributed by atoms with Crippen molar-refractivity contribution < 1.29 is 23.8 Å². The maximum absolute atomic E-state index is 12.4. The summed E-state index contributed by atoms with van der Waals surface area (Å²) in [6.45, 7) is 1.63. The summed E-state index contributed by atoms with van der Waals surface area (Å²) in [7, 11) is 0. The quantitative estimate of drug-likeness (QED) is 0.537. The molecular weight excluding hydrogens is 432 g/mol. The lowest BCUT2D eigenvalue weighted by Gasteiger charge is -2.17. The van der Waals surface area contributed by atoms with Crippen LogP contribution in [-0.2, 0) is 20.7 Å². The van der Waals surface area contributed by atoms with Crippen molar-refractivity contribution in [3.05, 3.63) is 47.0 Å². The molecule has 2 amide bonds. The number of anilines is 2. The highest BCUT2D eigenvalue weighted by atomic mass is 35.5. The van der Waals surface area contributed by atoms with E-state index >= 15 is 0 Å². The van der Waals surface area contributed by atoms with Crippen LogP contribution in [0.1, 0.15) is 37.7 Å². The Morgan fingerprint density at radius 3 is 2.94 bits per heavy atom. The number of carbonyl (C=O) groups excluding carboxylic acids is 2. The van der Waals surface area contributed by atoms with Crippen molar-refractivity contribution in [3.63, 3.8) is 0 Å². The molecule has 2 heterocycles. The lowest BCUT2D eigenvalue weighted by Crippen LogP contribution is -2.19. The number of rotatable bonds is 9. The summed E-state index contributed by atoms with van der Waals surface area (Å²) in [4.78, 5) is 23.9. The second kappa shape index (κ2) is 10.7. The third-order valence-electron chi connectivity index (χ3n) is 5.45. The molecule has 1 fully saturated rings. The highest BCUT2D eigenvalue weighted by Gasteiger charge is 2.18. The van der Waals surface area contributed by atoms with Crippen molar-refractivity contribution in [2.45, 2.75) is 44.6 Å². The summed E-state index contributed by atoms with van der Waals surface area (Å²) in [5, 5.41) is 6.26. The van der Waals surface area contributed by atoms with Crippen LogP contribution in [0.4, 0.5) is 11.4 Å². The molecule has 0 bridgehead atoms. The summed E-state index contributed by atoms with van der Waals surface area (Å²) in [5.41, 5.74) is 2.46. The Balaban J connectivity index is 1.23. The SMILES string of the molecule is O=C1CCc2cc(OCCCC(=O)Nc3cc(Cl)ccc3OCC3CCCO3)ccc2N1. The Morgan fingerprint density at radius 2 is 2.09 bits per heavy atom. The zero-order valence-electron chi connectivity index (χ0n) is 17.8. The highest BCUT2D eigenvalue weighted by molar-refractivity contribution is 6.31. The molecule has 2 aliphatic rings. The molecule has 2 aromatic rings. The van der Waals surface area contributed by atoms with Gasteiger partial charge in [-0.1, -0.05) is 11.6 Å². The van der Waals surface area contributed by atoms with Crippen LogP contribution in [0, 0.1) is 0 Å². The van der Waals surface area contributed by atoms with Gasteiger partial charge < -0.3 is 24.8 Å². The average Bonchev–Trinajstić information content (AvgIpc) is 3.30. The molecule has 2 N–H and O–H groups in total. The Morgan fingerprint density at radius 1 is 1.19 bits per heavy atom. The lowest BCUT2D eigenvalue weighted by molar-refractivity contribution is -0.117. The van der Waals surface area contributed by atoms with Crippen molar-refractivity contribution in [1.82, 2.24) is 0 Å². The maximum Gasteiger partial charge on any atom is 0.224 e. The van der Waals surface area contributed by atoms with Crippen LogP contribution >= 0.6 is 11.6 Å². The van der Waals surface area contributed by atoms with Gasteiger partial charge in [0.15, 0.2) is 0 Å². The second-order valence-corrected chi connectivity index (χ2v) is 8.39. The van der Waals surface area contributed by atoms with Crippen molar-refractivity contribution in [3.8, 4) is 11.5 Å². The molecule has 170 valence electrons. The van der Waals surface area contributed by atoms with E-state index in [4.69, 9.17) is 25.8 Å². The molecule has 2 aromatic carbocycles. The van der Waals surface area contributed by atoms with E-state index in [0.29, 0.717) is 55.4 Å². The third kappa shape index (κ3) is 6.14.